The normalized spacial score (nSPS) is 21.6. The van der Waals surface area contributed by atoms with Crippen molar-refractivity contribution in [3.05, 3.63) is 24.1 Å². The van der Waals surface area contributed by atoms with Gasteiger partial charge in [-0.3, -0.25) is 0 Å². The molecule has 2 nitrogen and oxygen atoms in total. The van der Waals surface area contributed by atoms with E-state index in [1.807, 2.05) is 6.07 Å². The number of hydrogen-bond donors (Lipinski definition) is 0. The fourth-order valence-electron chi connectivity index (χ4n) is 2.12. The smallest absolute Gasteiger partial charge is 0.214 e. The summed E-state index contributed by atoms with van der Waals surface area (Å²) in [5.41, 5.74) is 0. The van der Waals surface area contributed by atoms with E-state index >= 15 is 0 Å². The van der Waals surface area contributed by atoms with Crippen molar-refractivity contribution in [2.45, 2.75) is 32.2 Å². The predicted molar refractivity (Wildman–Crippen MR) is 54.9 cm³/mol. The SMILES string of the molecule is CCC1CCCN1c1cccc(F)n1. The van der Waals surface area contributed by atoms with Crippen LogP contribution < -0.4 is 4.90 Å². The van der Waals surface area contributed by atoms with Gasteiger partial charge in [-0.15, -0.1) is 0 Å². The number of nitrogens with zero attached hydrogens (tertiary/aromatic N) is 2. The van der Waals surface area contributed by atoms with Crippen LogP contribution in [0, 0.1) is 5.95 Å². The summed E-state index contributed by atoms with van der Waals surface area (Å²) < 4.78 is 12.9. The molecule has 0 radical (unpaired) electrons. The zero-order chi connectivity index (χ0) is 9.97. The summed E-state index contributed by atoms with van der Waals surface area (Å²) in [6.45, 7) is 3.18. The molecular weight excluding hydrogens is 179 g/mol. The molecule has 1 aliphatic rings. The average Bonchev–Trinajstić information content (AvgIpc) is 2.65. The fourth-order valence-corrected chi connectivity index (χ4v) is 2.12. The number of halogens is 1. The maximum atomic E-state index is 12.9. The molecule has 14 heavy (non-hydrogen) atoms. The molecule has 2 rings (SSSR count). The second kappa shape index (κ2) is 3.95. The average molecular weight is 194 g/mol. The number of hydrogen-bond acceptors (Lipinski definition) is 2. The van der Waals surface area contributed by atoms with Gasteiger partial charge < -0.3 is 4.90 Å². The van der Waals surface area contributed by atoms with Crippen LogP contribution in [0.4, 0.5) is 10.2 Å². The number of pyridine rings is 1. The summed E-state index contributed by atoms with van der Waals surface area (Å²) in [6.07, 6.45) is 3.50. The lowest BCUT2D eigenvalue weighted by Crippen LogP contribution is -2.29. The van der Waals surface area contributed by atoms with Gasteiger partial charge in [-0.25, -0.2) is 4.98 Å². The molecule has 1 aliphatic heterocycles. The minimum atomic E-state index is -0.385. The summed E-state index contributed by atoms with van der Waals surface area (Å²) in [7, 11) is 0. The van der Waals surface area contributed by atoms with Gasteiger partial charge in [-0.1, -0.05) is 13.0 Å². The lowest BCUT2D eigenvalue weighted by Gasteiger charge is -2.24. The summed E-state index contributed by atoms with van der Waals surface area (Å²) in [5.74, 6) is 0.401. The molecule has 1 saturated heterocycles. The Balaban J connectivity index is 2.21. The van der Waals surface area contributed by atoms with E-state index in [1.54, 1.807) is 6.07 Å². The second-order valence-electron chi connectivity index (χ2n) is 3.72. The molecular formula is C11H15FN2. The standard InChI is InChI=1S/C11H15FN2/c1-2-9-5-4-8-14(9)11-7-3-6-10(12)13-11/h3,6-7,9H,2,4-5,8H2,1H3. The topological polar surface area (TPSA) is 16.1 Å². The van der Waals surface area contributed by atoms with Crippen LogP contribution in [0.2, 0.25) is 0 Å². The number of anilines is 1. The third-order valence-corrected chi connectivity index (χ3v) is 2.84. The molecule has 1 atom stereocenters. The Morgan fingerprint density at radius 2 is 2.43 bits per heavy atom. The minimum Gasteiger partial charge on any atom is -0.354 e. The van der Waals surface area contributed by atoms with Crippen molar-refractivity contribution >= 4 is 5.82 Å². The Morgan fingerprint density at radius 1 is 1.57 bits per heavy atom. The van der Waals surface area contributed by atoms with Crippen molar-refractivity contribution in [1.82, 2.24) is 4.98 Å². The first-order valence-corrected chi connectivity index (χ1v) is 5.20. The van der Waals surface area contributed by atoms with E-state index < -0.39 is 0 Å². The summed E-state index contributed by atoms with van der Waals surface area (Å²) >= 11 is 0. The molecule has 0 aromatic carbocycles. The van der Waals surface area contributed by atoms with Gasteiger partial charge >= 0.3 is 0 Å². The highest BCUT2D eigenvalue weighted by Crippen LogP contribution is 2.25. The van der Waals surface area contributed by atoms with Crippen LogP contribution in [0.1, 0.15) is 26.2 Å². The number of aromatic nitrogens is 1. The molecule has 0 amide bonds. The van der Waals surface area contributed by atoms with Gasteiger partial charge in [-0.05, 0) is 31.4 Å². The quantitative estimate of drug-likeness (QED) is 0.673. The Kier molecular flexibility index (Phi) is 2.66. The maximum absolute atomic E-state index is 12.9. The molecule has 2 heterocycles. The monoisotopic (exact) mass is 194 g/mol. The first kappa shape index (κ1) is 9.44. The van der Waals surface area contributed by atoms with Gasteiger partial charge in [-0.2, -0.15) is 4.39 Å². The van der Waals surface area contributed by atoms with Gasteiger partial charge in [0.2, 0.25) is 5.95 Å². The highest BCUT2D eigenvalue weighted by molar-refractivity contribution is 5.40. The molecule has 1 unspecified atom stereocenters. The number of rotatable bonds is 2. The molecule has 1 aromatic heterocycles. The molecule has 76 valence electrons. The Bertz CT molecular complexity index is 314. The van der Waals surface area contributed by atoms with Gasteiger partial charge in [0.25, 0.3) is 0 Å². The van der Waals surface area contributed by atoms with Crippen LogP contribution in [0.15, 0.2) is 18.2 Å². The van der Waals surface area contributed by atoms with Crippen LogP contribution in [0.25, 0.3) is 0 Å². The Hall–Kier alpha value is -1.12. The molecule has 0 aliphatic carbocycles. The van der Waals surface area contributed by atoms with Crippen molar-refractivity contribution in [1.29, 1.82) is 0 Å². The van der Waals surface area contributed by atoms with Crippen LogP contribution in [0.3, 0.4) is 0 Å². The first-order valence-electron chi connectivity index (χ1n) is 5.20. The molecule has 0 bridgehead atoms. The highest BCUT2D eigenvalue weighted by Gasteiger charge is 2.23. The van der Waals surface area contributed by atoms with Crippen LogP contribution in [-0.4, -0.2) is 17.6 Å². The molecule has 0 N–H and O–H groups in total. The van der Waals surface area contributed by atoms with Crippen molar-refractivity contribution < 1.29 is 4.39 Å². The van der Waals surface area contributed by atoms with Crippen molar-refractivity contribution in [2.24, 2.45) is 0 Å². The Labute approximate surface area is 83.8 Å². The predicted octanol–water partition coefficient (Wildman–Crippen LogP) is 2.60. The molecule has 3 heteroatoms. The lowest BCUT2D eigenvalue weighted by atomic mass is 10.2. The zero-order valence-corrected chi connectivity index (χ0v) is 8.41. The Morgan fingerprint density at radius 3 is 3.14 bits per heavy atom. The third kappa shape index (κ3) is 1.72. The van der Waals surface area contributed by atoms with Gasteiger partial charge in [0.05, 0.1) is 0 Å². The van der Waals surface area contributed by atoms with E-state index in [0.717, 1.165) is 18.8 Å². The van der Waals surface area contributed by atoms with Crippen LogP contribution in [0.5, 0.6) is 0 Å². The first-order chi connectivity index (χ1) is 6.81. The van der Waals surface area contributed by atoms with E-state index in [2.05, 4.69) is 16.8 Å². The van der Waals surface area contributed by atoms with E-state index in [9.17, 15) is 4.39 Å². The molecule has 0 saturated carbocycles. The highest BCUT2D eigenvalue weighted by atomic mass is 19.1. The maximum Gasteiger partial charge on any atom is 0.214 e. The summed E-state index contributed by atoms with van der Waals surface area (Å²) in [4.78, 5) is 6.12. The van der Waals surface area contributed by atoms with E-state index in [0.29, 0.717) is 6.04 Å². The molecule has 1 fully saturated rings. The van der Waals surface area contributed by atoms with Crippen LogP contribution >= 0.6 is 0 Å². The van der Waals surface area contributed by atoms with Crippen molar-refractivity contribution in [2.75, 3.05) is 11.4 Å². The van der Waals surface area contributed by atoms with Crippen molar-refractivity contribution in [3.8, 4) is 0 Å². The van der Waals surface area contributed by atoms with Crippen LogP contribution in [-0.2, 0) is 0 Å². The zero-order valence-electron chi connectivity index (χ0n) is 8.41. The van der Waals surface area contributed by atoms with Crippen molar-refractivity contribution in [3.63, 3.8) is 0 Å². The third-order valence-electron chi connectivity index (χ3n) is 2.84. The van der Waals surface area contributed by atoms with Gasteiger partial charge in [0.1, 0.15) is 5.82 Å². The fraction of sp³-hybridized carbons (Fsp3) is 0.545. The molecule has 1 aromatic rings. The van der Waals surface area contributed by atoms with E-state index in [-0.39, 0.29) is 5.95 Å². The van der Waals surface area contributed by atoms with E-state index in [1.165, 1.54) is 18.9 Å². The largest absolute Gasteiger partial charge is 0.354 e. The summed E-state index contributed by atoms with van der Waals surface area (Å²) in [6, 6.07) is 5.55. The summed E-state index contributed by atoms with van der Waals surface area (Å²) in [5, 5.41) is 0. The lowest BCUT2D eigenvalue weighted by molar-refractivity contribution is 0.575. The molecule has 0 spiro atoms. The van der Waals surface area contributed by atoms with Gasteiger partial charge in [0.15, 0.2) is 0 Å². The van der Waals surface area contributed by atoms with Gasteiger partial charge in [0, 0.05) is 12.6 Å². The van der Waals surface area contributed by atoms with E-state index in [4.69, 9.17) is 0 Å². The second-order valence-corrected chi connectivity index (χ2v) is 3.72. The minimum absolute atomic E-state index is 0.385.